The SMILES string of the molecule is CN=C(NCC(C(C)C)N1CCC(C)CC1)N1CCC(COCCOC)C1. The molecule has 0 aromatic heterocycles. The fraction of sp³-hybridized carbons (Fsp3) is 0.952. The summed E-state index contributed by atoms with van der Waals surface area (Å²) >= 11 is 0. The Morgan fingerprint density at radius 1 is 1.15 bits per heavy atom. The van der Waals surface area contributed by atoms with Crippen LogP contribution in [0, 0.1) is 17.8 Å². The molecular formula is C21H42N4O2. The Kier molecular flexibility index (Phi) is 9.87. The standard InChI is InChI=1S/C21H42N4O2/c1-17(2)20(24-9-6-18(3)7-10-24)14-23-21(22-4)25-11-8-19(15-25)16-27-13-12-26-5/h17-20H,6-16H2,1-5H3,(H,22,23). The summed E-state index contributed by atoms with van der Waals surface area (Å²) < 4.78 is 10.8. The first-order valence-corrected chi connectivity index (χ1v) is 10.8. The minimum atomic E-state index is 0.574. The molecule has 0 aromatic carbocycles. The maximum Gasteiger partial charge on any atom is 0.193 e. The summed E-state index contributed by atoms with van der Waals surface area (Å²) in [5.74, 6) is 3.15. The predicted octanol–water partition coefficient (Wildman–Crippen LogP) is 2.30. The van der Waals surface area contributed by atoms with Gasteiger partial charge in [-0.1, -0.05) is 20.8 Å². The van der Waals surface area contributed by atoms with Gasteiger partial charge in [0.25, 0.3) is 0 Å². The second-order valence-electron chi connectivity index (χ2n) is 8.63. The van der Waals surface area contributed by atoms with Crippen LogP contribution in [-0.2, 0) is 9.47 Å². The molecule has 2 aliphatic heterocycles. The average Bonchev–Trinajstić information content (AvgIpc) is 3.12. The molecule has 0 aliphatic carbocycles. The van der Waals surface area contributed by atoms with E-state index in [-0.39, 0.29) is 0 Å². The Labute approximate surface area is 166 Å². The molecule has 2 unspecified atom stereocenters. The van der Waals surface area contributed by atoms with Gasteiger partial charge in [0.2, 0.25) is 0 Å². The van der Waals surface area contributed by atoms with Crippen LogP contribution in [-0.4, -0.2) is 88.5 Å². The molecule has 0 saturated carbocycles. The minimum Gasteiger partial charge on any atom is -0.382 e. The molecule has 2 fully saturated rings. The molecule has 27 heavy (non-hydrogen) atoms. The van der Waals surface area contributed by atoms with E-state index in [0.29, 0.717) is 31.1 Å². The van der Waals surface area contributed by atoms with Crippen LogP contribution in [0.15, 0.2) is 4.99 Å². The van der Waals surface area contributed by atoms with Gasteiger partial charge >= 0.3 is 0 Å². The molecule has 2 rings (SSSR count). The highest BCUT2D eigenvalue weighted by molar-refractivity contribution is 5.80. The average molecular weight is 383 g/mol. The lowest BCUT2D eigenvalue weighted by molar-refractivity contribution is 0.0536. The van der Waals surface area contributed by atoms with E-state index in [0.717, 1.165) is 38.1 Å². The molecule has 158 valence electrons. The summed E-state index contributed by atoms with van der Waals surface area (Å²) in [5.41, 5.74) is 0. The Morgan fingerprint density at radius 2 is 1.89 bits per heavy atom. The molecule has 0 spiro atoms. The summed E-state index contributed by atoms with van der Waals surface area (Å²) in [7, 11) is 3.61. The van der Waals surface area contributed by atoms with Gasteiger partial charge in [-0.3, -0.25) is 9.89 Å². The van der Waals surface area contributed by atoms with Crippen LogP contribution < -0.4 is 5.32 Å². The summed E-state index contributed by atoms with van der Waals surface area (Å²) in [6.07, 6.45) is 3.83. The van der Waals surface area contributed by atoms with Gasteiger partial charge in [0, 0.05) is 45.8 Å². The Balaban J connectivity index is 1.78. The highest BCUT2D eigenvalue weighted by Gasteiger charge is 2.28. The maximum absolute atomic E-state index is 5.72. The first-order valence-electron chi connectivity index (χ1n) is 10.8. The maximum atomic E-state index is 5.72. The van der Waals surface area contributed by atoms with Gasteiger partial charge in [-0.15, -0.1) is 0 Å². The lowest BCUT2D eigenvalue weighted by Gasteiger charge is -2.39. The van der Waals surface area contributed by atoms with Crippen molar-refractivity contribution < 1.29 is 9.47 Å². The van der Waals surface area contributed by atoms with Crippen molar-refractivity contribution in [3.8, 4) is 0 Å². The van der Waals surface area contributed by atoms with Crippen molar-refractivity contribution in [1.82, 2.24) is 15.1 Å². The number of rotatable bonds is 9. The van der Waals surface area contributed by atoms with Crippen molar-refractivity contribution >= 4 is 5.96 Å². The van der Waals surface area contributed by atoms with Gasteiger partial charge in [-0.25, -0.2) is 0 Å². The van der Waals surface area contributed by atoms with Crippen LogP contribution >= 0.6 is 0 Å². The second-order valence-corrected chi connectivity index (χ2v) is 8.63. The van der Waals surface area contributed by atoms with E-state index in [1.54, 1.807) is 7.11 Å². The quantitative estimate of drug-likeness (QED) is 0.377. The summed E-state index contributed by atoms with van der Waals surface area (Å²) in [5, 5.41) is 3.67. The van der Waals surface area contributed by atoms with E-state index in [2.05, 4.69) is 40.9 Å². The van der Waals surface area contributed by atoms with Crippen LogP contribution in [0.3, 0.4) is 0 Å². The fourth-order valence-electron chi connectivity index (χ4n) is 4.23. The number of hydrogen-bond acceptors (Lipinski definition) is 4. The molecule has 0 radical (unpaired) electrons. The van der Waals surface area contributed by atoms with Crippen molar-refractivity contribution in [3.63, 3.8) is 0 Å². The molecule has 0 bridgehead atoms. The number of methoxy groups -OCH3 is 1. The number of aliphatic imine (C=N–C) groups is 1. The van der Waals surface area contributed by atoms with Crippen molar-refractivity contribution in [3.05, 3.63) is 0 Å². The topological polar surface area (TPSA) is 49.3 Å². The zero-order valence-electron chi connectivity index (χ0n) is 18.2. The predicted molar refractivity (Wildman–Crippen MR) is 112 cm³/mol. The number of nitrogens with one attached hydrogen (secondary N) is 1. The van der Waals surface area contributed by atoms with Gasteiger partial charge in [0.15, 0.2) is 5.96 Å². The molecule has 2 saturated heterocycles. The second kappa shape index (κ2) is 11.9. The largest absolute Gasteiger partial charge is 0.382 e. The zero-order valence-corrected chi connectivity index (χ0v) is 18.2. The summed E-state index contributed by atoms with van der Waals surface area (Å²) in [6.45, 7) is 14.8. The van der Waals surface area contributed by atoms with Gasteiger partial charge in [-0.05, 0) is 44.2 Å². The van der Waals surface area contributed by atoms with Gasteiger partial charge in [0.05, 0.1) is 19.8 Å². The normalized spacial score (nSPS) is 24.0. The van der Waals surface area contributed by atoms with Gasteiger partial charge in [-0.2, -0.15) is 0 Å². The molecule has 2 atom stereocenters. The van der Waals surface area contributed by atoms with Crippen molar-refractivity contribution in [1.29, 1.82) is 0 Å². The molecule has 0 amide bonds. The van der Waals surface area contributed by atoms with E-state index in [4.69, 9.17) is 9.47 Å². The van der Waals surface area contributed by atoms with Gasteiger partial charge < -0.3 is 19.7 Å². The number of piperidine rings is 1. The van der Waals surface area contributed by atoms with E-state index >= 15 is 0 Å². The first-order chi connectivity index (χ1) is 13.0. The number of likely N-dealkylation sites (tertiary alicyclic amines) is 2. The summed E-state index contributed by atoms with van der Waals surface area (Å²) in [6, 6.07) is 0.574. The van der Waals surface area contributed by atoms with Crippen molar-refractivity contribution in [2.45, 2.75) is 46.1 Å². The van der Waals surface area contributed by atoms with E-state index in [1.165, 1.54) is 32.4 Å². The molecule has 2 heterocycles. The molecular weight excluding hydrogens is 340 g/mol. The van der Waals surface area contributed by atoms with Crippen LogP contribution in [0.1, 0.15) is 40.0 Å². The van der Waals surface area contributed by atoms with E-state index in [9.17, 15) is 0 Å². The third-order valence-electron chi connectivity index (χ3n) is 6.11. The highest BCUT2D eigenvalue weighted by Crippen LogP contribution is 2.21. The molecule has 6 nitrogen and oxygen atoms in total. The Morgan fingerprint density at radius 3 is 2.52 bits per heavy atom. The third-order valence-corrected chi connectivity index (χ3v) is 6.11. The van der Waals surface area contributed by atoms with Gasteiger partial charge in [0.1, 0.15) is 0 Å². The highest BCUT2D eigenvalue weighted by atomic mass is 16.5. The number of guanidine groups is 1. The number of hydrogen-bond donors (Lipinski definition) is 1. The number of nitrogens with zero attached hydrogens (tertiary/aromatic N) is 3. The molecule has 1 N–H and O–H groups in total. The van der Waals surface area contributed by atoms with E-state index in [1.807, 2.05) is 7.05 Å². The number of ether oxygens (including phenoxy) is 2. The van der Waals surface area contributed by atoms with Crippen molar-refractivity contribution in [2.24, 2.45) is 22.7 Å². The van der Waals surface area contributed by atoms with Crippen LogP contribution in [0.5, 0.6) is 0 Å². The lowest BCUT2D eigenvalue weighted by Crippen LogP contribution is -2.52. The molecule has 6 heteroatoms. The van der Waals surface area contributed by atoms with Crippen molar-refractivity contribution in [2.75, 3.05) is 66.7 Å². The first kappa shape index (κ1) is 22.4. The van der Waals surface area contributed by atoms with Crippen LogP contribution in [0.2, 0.25) is 0 Å². The van der Waals surface area contributed by atoms with E-state index < -0.39 is 0 Å². The summed E-state index contributed by atoms with van der Waals surface area (Å²) in [4.78, 5) is 9.63. The monoisotopic (exact) mass is 382 g/mol. The Hall–Kier alpha value is -0.850. The molecule has 2 aliphatic rings. The molecule has 0 aromatic rings. The minimum absolute atomic E-state index is 0.574. The third kappa shape index (κ3) is 7.24. The Bertz CT molecular complexity index is 436. The van der Waals surface area contributed by atoms with Crippen LogP contribution in [0.25, 0.3) is 0 Å². The zero-order chi connectivity index (χ0) is 19.6. The fourth-order valence-corrected chi connectivity index (χ4v) is 4.23. The lowest BCUT2D eigenvalue weighted by atomic mass is 9.94. The smallest absolute Gasteiger partial charge is 0.193 e. The van der Waals surface area contributed by atoms with Crippen LogP contribution in [0.4, 0.5) is 0 Å².